The van der Waals surface area contributed by atoms with Crippen molar-refractivity contribution < 1.29 is 13.2 Å². The van der Waals surface area contributed by atoms with Crippen LogP contribution < -0.4 is 0 Å². The number of thiophene rings is 1. The van der Waals surface area contributed by atoms with Gasteiger partial charge in [-0.25, -0.2) is 8.42 Å². The first-order valence-electron chi connectivity index (χ1n) is 6.53. The number of sulfone groups is 1. The van der Waals surface area contributed by atoms with Gasteiger partial charge >= 0.3 is 0 Å². The van der Waals surface area contributed by atoms with Gasteiger partial charge in [0.2, 0.25) is 0 Å². The van der Waals surface area contributed by atoms with Crippen LogP contribution in [-0.4, -0.2) is 48.9 Å². The van der Waals surface area contributed by atoms with Gasteiger partial charge in [-0.2, -0.15) is 11.8 Å². The Hall–Kier alpha value is -1.05. The molecule has 0 saturated carbocycles. The van der Waals surface area contributed by atoms with Gasteiger partial charge in [-0.15, -0.1) is 11.3 Å². The quantitative estimate of drug-likeness (QED) is 0.842. The van der Waals surface area contributed by atoms with Gasteiger partial charge in [0.15, 0.2) is 9.84 Å². The van der Waals surface area contributed by atoms with Crippen LogP contribution in [0.4, 0.5) is 0 Å². The minimum Gasteiger partial charge on any atom is -0.319 e. The van der Waals surface area contributed by atoms with Crippen molar-refractivity contribution in [3.63, 3.8) is 0 Å². The number of hydrogen-bond donors (Lipinski definition) is 0. The molecule has 0 N–H and O–H groups in total. The van der Waals surface area contributed by atoms with Crippen LogP contribution in [0, 0.1) is 0 Å². The fraction of sp³-hybridized carbons (Fsp3) is 0.357. The summed E-state index contributed by atoms with van der Waals surface area (Å²) in [6.45, 7) is 0.482. The summed E-state index contributed by atoms with van der Waals surface area (Å²) >= 11 is 3.00. The number of rotatable bonds is 2. The summed E-state index contributed by atoms with van der Waals surface area (Å²) in [6.07, 6.45) is 1.20. The van der Waals surface area contributed by atoms with Crippen LogP contribution in [0.3, 0.4) is 0 Å². The van der Waals surface area contributed by atoms with Gasteiger partial charge in [0.25, 0.3) is 5.91 Å². The maximum atomic E-state index is 12.7. The van der Waals surface area contributed by atoms with E-state index in [1.165, 1.54) is 22.5 Å². The Balaban J connectivity index is 1.95. The minimum absolute atomic E-state index is 0.174. The molecule has 1 saturated heterocycles. The van der Waals surface area contributed by atoms with E-state index in [0.29, 0.717) is 17.2 Å². The van der Waals surface area contributed by atoms with Crippen LogP contribution in [0.5, 0.6) is 0 Å². The zero-order chi connectivity index (χ0) is 15.0. The second-order valence-electron chi connectivity index (χ2n) is 5.01. The number of carbonyl (C=O) groups is 1. The van der Waals surface area contributed by atoms with Crippen molar-refractivity contribution in [3.8, 4) is 0 Å². The fourth-order valence-electron chi connectivity index (χ4n) is 2.40. The van der Waals surface area contributed by atoms with E-state index >= 15 is 0 Å². The Labute approximate surface area is 132 Å². The molecule has 21 heavy (non-hydrogen) atoms. The molecule has 1 fully saturated rings. The molecule has 0 bridgehead atoms. The maximum absolute atomic E-state index is 12.7. The molecule has 4 nitrogen and oxygen atoms in total. The highest BCUT2D eigenvalue weighted by atomic mass is 32.2. The van der Waals surface area contributed by atoms with E-state index < -0.39 is 15.2 Å². The van der Waals surface area contributed by atoms with Crippen LogP contribution in [0.1, 0.15) is 9.67 Å². The van der Waals surface area contributed by atoms with Crippen molar-refractivity contribution in [2.75, 3.05) is 24.3 Å². The number of amides is 1. The first kappa shape index (κ1) is 14.9. The molecule has 7 heteroatoms. The molecule has 0 aliphatic carbocycles. The largest absolute Gasteiger partial charge is 0.319 e. The van der Waals surface area contributed by atoms with Crippen molar-refractivity contribution in [2.24, 2.45) is 0 Å². The number of thioether (sulfide) groups is 1. The Morgan fingerprint density at radius 3 is 2.81 bits per heavy atom. The molecule has 112 valence electrons. The van der Waals surface area contributed by atoms with Crippen molar-refractivity contribution in [1.29, 1.82) is 0 Å². The molecular formula is C14H15NO3S3. The number of nitrogens with zero attached hydrogens (tertiary/aromatic N) is 1. The lowest BCUT2D eigenvalue weighted by molar-refractivity contribution is 0.0754. The SMILES string of the molecule is CS(=O)(=O)[C@H]1CSCCN1C(=O)c1cc2ccccc2s1. The smallest absolute Gasteiger partial charge is 0.265 e. The summed E-state index contributed by atoms with van der Waals surface area (Å²) in [5.74, 6) is 1.06. The predicted molar refractivity (Wildman–Crippen MR) is 88.8 cm³/mol. The van der Waals surface area contributed by atoms with E-state index in [9.17, 15) is 13.2 Å². The summed E-state index contributed by atoms with van der Waals surface area (Å²) in [5.41, 5.74) is 0. The van der Waals surface area contributed by atoms with Gasteiger partial charge in [-0.3, -0.25) is 4.79 Å². The summed E-state index contributed by atoms with van der Waals surface area (Å²) in [4.78, 5) is 14.8. The zero-order valence-electron chi connectivity index (χ0n) is 11.5. The average Bonchev–Trinajstić information content (AvgIpc) is 2.89. The van der Waals surface area contributed by atoms with Crippen LogP contribution in [0.25, 0.3) is 10.1 Å². The average molecular weight is 341 g/mol. The molecular weight excluding hydrogens is 326 g/mol. The van der Waals surface area contributed by atoms with Gasteiger partial charge in [0.1, 0.15) is 5.37 Å². The molecule has 1 aliphatic rings. The standard InChI is InChI=1S/C14H15NO3S3/c1-21(17,18)13-9-19-7-6-15(13)14(16)12-8-10-4-2-3-5-11(10)20-12/h2-5,8,13H,6-7,9H2,1H3/t13-/m0/s1. The fourth-order valence-corrected chi connectivity index (χ4v) is 6.23. The Kier molecular flexibility index (Phi) is 3.98. The normalized spacial score (nSPS) is 19.9. The topological polar surface area (TPSA) is 54.5 Å². The Morgan fingerprint density at radius 2 is 2.10 bits per heavy atom. The molecule has 3 rings (SSSR count). The van der Waals surface area contributed by atoms with Crippen LogP contribution in [0.2, 0.25) is 0 Å². The van der Waals surface area contributed by atoms with Crippen LogP contribution >= 0.6 is 23.1 Å². The lowest BCUT2D eigenvalue weighted by atomic mass is 10.2. The van der Waals surface area contributed by atoms with Crippen molar-refractivity contribution in [2.45, 2.75) is 5.37 Å². The third-order valence-corrected chi connectivity index (χ3v) is 7.22. The van der Waals surface area contributed by atoms with Gasteiger partial charge in [0.05, 0.1) is 4.88 Å². The van der Waals surface area contributed by atoms with E-state index in [4.69, 9.17) is 0 Å². The number of hydrogen-bond acceptors (Lipinski definition) is 5. The van der Waals surface area contributed by atoms with Gasteiger partial charge in [-0.1, -0.05) is 18.2 Å². The van der Waals surface area contributed by atoms with Gasteiger partial charge in [-0.05, 0) is 17.5 Å². The first-order valence-corrected chi connectivity index (χ1v) is 10.5. The molecule has 0 spiro atoms. The zero-order valence-corrected chi connectivity index (χ0v) is 13.9. The van der Waals surface area contributed by atoms with E-state index in [1.807, 2.05) is 30.3 Å². The third-order valence-electron chi connectivity index (χ3n) is 3.48. The molecule has 2 heterocycles. The van der Waals surface area contributed by atoms with Crippen LogP contribution in [0.15, 0.2) is 30.3 Å². The van der Waals surface area contributed by atoms with Crippen molar-refractivity contribution >= 4 is 48.9 Å². The monoisotopic (exact) mass is 341 g/mol. The highest BCUT2D eigenvalue weighted by Crippen LogP contribution is 2.29. The summed E-state index contributed by atoms with van der Waals surface area (Å²) in [5, 5.41) is 0.308. The summed E-state index contributed by atoms with van der Waals surface area (Å²) < 4.78 is 24.8. The molecule has 1 aliphatic heterocycles. The Bertz CT molecular complexity index is 749. The second-order valence-corrected chi connectivity index (χ2v) is 9.44. The number of carbonyl (C=O) groups excluding carboxylic acids is 1. The van der Waals surface area contributed by atoms with Crippen LogP contribution in [-0.2, 0) is 9.84 Å². The first-order chi connectivity index (χ1) is 9.97. The number of benzene rings is 1. The second kappa shape index (κ2) is 5.62. The molecule has 1 amide bonds. The molecule has 1 atom stereocenters. The van der Waals surface area contributed by atoms with E-state index in [1.54, 1.807) is 11.8 Å². The third kappa shape index (κ3) is 2.95. The molecule has 1 aromatic heterocycles. The highest BCUT2D eigenvalue weighted by molar-refractivity contribution is 8.00. The molecule has 0 radical (unpaired) electrons. The van der Waals surface area contributed by atoms with E-state index in [0.717, 1.165) is 15.8 Å². The lowest BCUT2D eigenvalue weighted by Crippen LogP contribution is -2.49. The molecule has 1 aromatic carbocycles. The lowest BCUT2D eigenvalue weighted by Gasteiger charge is -2.33. The van der Waals surface area contributed by atoms with Crippen molar-refractivity contribution in [3.05, 3.63) is 35.2 Å². The minimum atomic E-state index is -3.27. The van der Waals surface area contributed by atoms with Gasteiger partial charge < -0.3 is 4.90 Å². The summed E-state index contributed by atoms with van der Waals surface area (Å²) in [7, 11) is -3.27. The molecule has 2 aromatic rings. The highest BCUT2D eigenvalue weighted by Gasteiger charge is 2.35. The Morgan fingerprint density at radius 1 is 1.33 bits per heavy atom. The van der Waals surface area contributed by atoms with E-state index in [2.05, 4.69) is 0 Å². The van der Waals surface area contributed by atoms with Gasteiger partial charge in [0, 0.05) is 29.0 Å². The number of fused-ring (bicyclic) bond motifs is 1. The predicted octanol–water partition coefficient (Wildman–Crippen LogP) is 2.46. The maximum Gasteiger partial charge on any atom is 0.265 e. The van der Waals surface area contributed by atoms with E-state index in [-0.39, 0.29) is 5.91 Å². The molecule has 0 unspecified atom stereocenters. The van der Waals surface area contributed by atoms with Crippen molar-refractivity contribution in [1.82, 2.24) is 4.90 Å². The summed E-state index contributed by atoms with van der Waals surface area (Å²) in [6, 6.07) is 9.65.